The van der Waals surface area contributed by atoms with Gasteiger partial charge >= 0.3 is 0 Å². The van der Waals surface area contributed by atoms with E-state index in [9.17, 15) is 5.11 Å². The zero-order valence-electron chi connectivity index (χ0n) is 12.2. The maximum absolute atomic E-state index is 9.58. The molecule has 0 aromatic heterocycles. The molecule has 2 N–H and O–H groups in total. The minimum Gasteiger partial charge on any atom is -0.393 e. The molecule has 3 nitrogen and oxygen atoms in total. The van der Waals surface area contributed by atoms with E-state index in [0.717, 1.165) is 44.9 Å². The SMILES string of the molecule is OC1CCN(Cc2ccccc2CNCC2CC2)CC1. The molecule has 0 bridgehead atoms. The minimum absolute atomic E-state index is 0.0818. The van der Waals surface area contributed by atoms with Gasteiger partial charge in [0.25, 0.3) is 0 Å². The molecule has 0 unspecified atom stereocenters. The number of nitrogens with zero attached hydrogens (tertiary/aromatic N) is 1. The van der Waals surface area contributed by atoms with Gasteiger partial charge in [-0.1, -0.05) is 24.3 Å². The smallest absolute Gasteiger partial charge is 0.0564 e. The normalized spacial score (nSPS) is 21.2. The molecule has 0 amide bonds. The maximum atomic E-state index is 9.58. The minimum atomic E-state index is -0.0818. The molecule has 0 radical (unpaired) electrons. The first-order chi connectivity index (χ1) is 9.81. The zero-order chi connectivity index (χ0) is 13.8. The quantitative estimate of drug-likeness (QED) is 0.834. The number of piperidine rings is 1. The van der Waals surface area contributed by atoms with Crippen molar-refractivity contribution in [3.8, 4) is 0 Å². The number of hydrogen-bond donors (Lipinski definition) is 2. The molecule has 110 valence electrons. The van der Waals surface area contributed by atoms with Crippen LogP contribution in [0.3, 0.4) is 0 Å². The summed E-state index contributed by atoms with van der Waals surface area (Å²) in [6.07, 6.45) is 4.57. The summed E-state index contributed by atoms with van der Waals surface area (Å²) in [5.41, 5.74) is 2.87. The van der Waals surface area contributed by atoms with Gasteiger partial charge in [0.1, 0.15) is 0 Å². The van der Waals surface area contributed by atoms with Crippen molar-refractivity contribution in [1.29, 1.82) is 0 Å². The lowest BCUT2D eigenvalue weighted by atomic mass is 10.0. The molecule has 3 heteroatoms. The van der Waals surface area contributed by atoms with Gasteiger partial charge in [0.2, 0.25) is 0 Å². The first kappa shape index (κ1) is 14.1. The molecule has 3 rings (SSSR count). The van der Waals surface area contributed by atoms with Crippen LogP contribution in [0.5, 0.6) is 0 Å². The molecule has 20 heavy (non-hydrogen) atoms. The summed E-state index contributed by atoms with van der Waals surface area (Å²) in [5, 5.41) is 13.2. The average molecular weight is 274 g/mol. The number of aliphatic hydroxyl groups excluding tert-OH is 1. The largest absolute Gasteiger partial charge is 0.393 e. The van der Waals surface area contributed by atoms with Crippen LogP contribution in [0, 0.1) is 5.92 Å². The molecule has 0 spiro atoms. The van der Waals surface area contributed by atoms with E-state index >= 15 is 0 Å². The molecule has 1 aromatic carbocycles. The third kappa shape index (κ3) is 4.05. The molecular formula is C17H26N2O. The van der Waals surface area contributed by atoms with Gasteiger partial charge < -0.3 is 10.4 Å². The van der Waals surface area contributed by atoms with E-state index in [2.05, 4.69) is 34.5 Å². The summed E-state index contributed by atoms with van der Waals surface area (Å²) >= 11 is 0. The van der Waals surface area contributed by atoms with Gasteiger partial charge in [-0.15, -0.1) is 0 Å². The van der Waals surface area contributed by atoms with Crippen LogP contribution < -0.4 is 5.32 Å². The zero-order valence-corrected chi connectivity index (χ0v) is 12.2. The van der Waals surface area contributed by atoms with E-state index in [1.165, 1.54) is 30.5 Å². The van der Waals surface area contributed by atoms with Gasteiger partial charge in [-0.3, -0.25) is 4.90 Å². The van der Waals surface area contributed by atoms with Crippen LogP contribution >= 0.6 is 0 Å². The molecule has 1 aromatic rings. The van der Waals surface area contributed by atoms with Crippen molar-refractivity contribution in [2.24, 2.45) is 5.92 Å². The van der Waals surface area contributed by atoms with Crippen LogP contribution in [0.15, 0.2) is 24.3 Å². The Morgan fingerprint density at radius 3 is 2.45 bits per heavy atom. The fourth-order valence-corrected chi connectivity index (χ4v) is 2.94. The average Bonchev–Trinajstić information content (AvgIpc) is 3.27. The predicted molar refractivity (Wildman–Crippen MR) is 81.4 cm³/mol. The monoisotopic (exact) mass is 274 g/mol. The van der Waals surface area contributed by atoms with Crippen LogP contribution in [0.4, 0.5) is 0 Å². The fraction of sp³-hybridized carbons (Fsp3) is 0.647. The van der Waals surface area contributed by atoms with Gasteiger partial charge in [0.15, 0.2) is 0 Å². The number of nitrogens with one attached hydrogen (secondary N) is 1. The van der Waals surface area contributed by atoms with E-state index < -0.39 is 0 Å². The van der Waals surface area contributed by atoms with Gasteiger partial charge in [0.05, 0.1) is 6.10 Å². The van der Waals surface area contributed by atoms with Crippen molar-refractivity contribution in [2.45, 2.75) is 44.9 Å². The molecule has 2 fully saturated rings. The summed E-state index contributed by atoms with van der Waals surface area (Å²) in [4.78, 5) is 2.46. The Balaban J connectivity index is 1.54. The highest BCUT2D eigenvalue weighted by atomic mass is 16.3. The summed E-state index contributed by atoms with van der Waals surface area (Å²) in [7, 11) is 0. The maximum Gasteiger partial charge on any atom is 0.0564 e. The van der Waals surface area contributed by atoms with Crippen LogP contribution in [0.2, 0.25) is 0 Å². The molecule has 1 aliphatic carbocycles. The van der Waals surface area contributed by atoms with Crippen molar-refractivity contribution >= 4 is 0 Å². The van der Waals surface area contributed by atoms with Crippen molar-refractivity contribution in [3.05, 3.63) is 35.4 Å². The topological polar surface area (TPSA) is 35.5 Å². The predicted octanol–water partition coefficient (Wildman–Crippen LogP) is 2.14. The van der Waals surface area contributed by atoms with Gasteiger partial charge in [-0.05, 0) is 49.3 Å². The van der Waals surface area contributed by atoms with Crippen molar-refractivity contribution in [3.63, 3.8) is 0 Å². The number of likely N-dealkylation sites (tertiary alicyclic amines) is 1. The van der Waals surface area contributed by atoms with Crippen LogP contribution in [-0.2, 0) is 13.1 Å². The Morgan fingerprint density at radius 2 is 1.75 bits per heavy atom. The van der Waals surface area contributed by atoms with Crippen molar-refractivity contribution in [2.75, 3.05) is 19.6 Å². The van der Waals surface area contributed by atoms with Crippen molar-refractivity contribution < 1.29 is 5.11 Å². The molecule has 1 saturated carbocycles. The molecule has 1 saturated heterocycles. The van der Waals surface area contributed by atoms with E-state index in [4.69, 9.17) is 0 Å². The third-order valence-electron chi connectivity index (χ3n) is 4.51. The second-order valence-corrected chi connectivity index (χ2v) is 6.35. The Labute approximate surface area is 122 Å². The lowest BCUT2D eigenvalue weighted by Gasteiger charge is -2.30. The Morgan fingerprint density at radius 1 is 1.05 bits per heavy atom. The van der Waals surface area contributed by atoms with Crippen LogP contribution in [-0.4, -0.2) is 35.7 Å². The molecule has 2 aliphatic rings. The summed E-state index contributed by atoms with van der Waals surface area (Å²) < 4.78 is 0. The highest BCUT2D eigenvalue weighted by Gasteiger charge is 2.21. The van der Waals surface area contributed by atoms with Crippen molar-refractivity contribution in [1.82, 2.24) is 10.2 Å². The Hall–Kier alpha value is -0.900. The first-order valence-corrected chi connectivity index (χ1v) is 7.99. The van der Waals surface area contributed by atoms with Gasteiger partial charge in [-0.25, -0.2) is 0 Å². The molecule has 0 atom stereocenters. The van der Waals surface area contributed by atoms with E-state index in [1.807, 2.05) is 0 Å². The number of aliphatic hydroxyl groups is 1. The van der Waals surface area contributed by atoms with Crippen LogP contribution in [0.25, 0.3) is 0 Å². The van der Waals surface area contributed by atoms with E-state index in [0.29, 0.717) is 0 Å². The Bertz CT molecular complexity index is 423. The lowest BCUT2D eigenvalue weighted by Crippen LogP contribution is -2.35. The number of hydrogen-bond acceptors (Lipinski definition) is 3. The standard InChI is InChI=1S/C17H26N2O/c20-17-7-9-19(10-8-17)13-16-4-2-1-3-15(16)12-18-11-14-5-6-14/h1-4,14,17-18,20H,5-13H2. The summed E-state index contributed by atoms with van der Waals surface area (Å²) in [5.74, 6) is 0.936. The molecular weight excluding hydrogens is 248 g/mol. The second-order valence-electron chi connectivity index (χ2n) is 6.35. The fourth-order valence-electron chi connectivity index (χ4n) is 2.94. The first-order valence-electron chi connectivity index (χ1n) is 7.99. The summed E-state index contributed by atoms with van der Waals surface area (Å²) in [6.45, 7) is 5.22. The van der Waals surface area contributed by atoms with E-state index in [-0.39, 0.29) is 6.10 Å². The van der Waals surface area contributed by atoms with Crippen LogP contribution in [0.1, 0.15) is 36.8 Å². The van der Waals surface area contributed by atoms with Gasteiger partial charge in [-0.2, -0.15) is 0 Å². The lowest BCUT2D eigenvalue weighted by molar-refractivity contribution is 0.0791. The highest BCUT2D eigenvalue weighted by molar-refractivity contribution is 5.27. The van der Waals surface area contributed by atoms with E-state index in [1.54, 1.807) is 0 Å². The second kappa shape index (κ2) is 6.70. The molecule has 1 heterocycles. The Kier molecular flexibility index (Phi) is 4.71. The van der Waals surface area contributed by atoms with Gasteiger partial charge in [0, 0.05) is 26.2 Å². The number of rotatable bonds is 6. The summed E-state index contributed by atoms with van der Waals surface area (Å²) in [6, 6.07) is 8.77. The molecule has 1 aliphatic heterocycles. The third-order valence-corrected chi connectivity index (χ3v) is 4.51. The number of benzene rings is 1. The highest BCUT2D eigenvalue weighted by Crippen LogP contribution is 2.27.